The van der Waals surface area contributed by atoms with E-state index in [4.69, 9.17) is 9.47 Å². The summed E-state index contributed by atoms with van der Waals surface area (Å²) in [5.74, 6) is 0.426. The number of carbonyl (C=O) groups is 1. The predicted molar refractivity (Wildman–Crippen MR) is 109 cm³/mol. The minimum atomic E-state index is -0.369. The summed E-state index contributed by atoms with van der Waals surface area (Å²) >= 11 is 1.39. The van der Waals surface area contributed by atoms with Crippen LogP contribution in [-0.2, 0) is 11.2 Å². The van der Waals surface area contributed by atoms with Gasteiger partial charge in [-0.3, -0.25) is 0 Å². The first-order valence-electron chi connectivity index (χ1n) is 8.77. The number of methoxy groups -OCH3 is 1. The Morgan fingerprint density at radius 3 is 2.36 bits per heavy atom. The number of nitriles is 1. The van der Waals surface area contributed by atoms with Crippen molar-refractivity contribution >= 4 is 17.7 Å². The van der Waals surface area contributed by atoms with E-state index >= 15 is 0 Å². The standard InChI is InChI=1S/C23H19NO3S/c1-26-19-12-10-17(11-13-19)14-15-27-23(25)20-7-3-5-9-22(20)28-21-8-4-2-6-18(21)16-24/h2-13H,14-15H2,1H3. The van der Waals surface area contributed by atoms with E-state index in [0.717, 1.165) is 21.1 Å². The van der Waals surface area contributed by atoms with Crippen molar-refractivity contribution in [2.24, 2.45) is 0 Å². The molecule has 0 aromatic heterocycles. The minimum Gasteiger partial charge on any atom is -0.497 e. The lowest BCUT2D eigenvalue weighted by Crippen LogP contribution is -2.09. The lowest BCUT2D eigenvalue weighted by atomic mass is 10.1. The van der Waals surface area contributed by atoms with Crippen LogP contribution in [0.25, 0.3) is 0 Å². The summed E-state index contributed by atoms with van der Waals surface area (Å²) in [6, 6.07) is 24.5. The third-order valence-corrected chi connectivity index (χ3v) is 5.27. The first-order valence-corrected chi connectivity index (χ1v) is 9.59. The number of hydrogen-bond acceptors (Lipinski definition) is 5. The molecule has 0 unspecified atom stereocenters. The van der Waals surface area contributed by atoms with Crippen molar-refractivity contribution in [2.75, 3.05) is 13.7 Å². The van der Waals surface area contributed by atoms with Crippen LogP contribution in [0, 0.1) is 11.3 Å². The molecule has 28 heavy (non-hydrogen) atoms. The SMILES string of the molecule is COc1ccc(CCOC(=O)c2ccccc2Sc2ccccc2C#N)cc1. The lowest BCUT2D eigenvalue weighted by molar-refractivity contribution is 0.0505. The first-order chi connectivity index (χ1) is 13.7. The van der Waals surface area contributed by atoms with E-state index in [1.165, 1.54) is 11.8 Å². The Balaban J connectivity index is 1.66. The smallest absolute Gasteiger partial charge is 0.339 e. The molecule has 5 heteroatoms. The average Bonchev–Trinajstić information content (AvgIpc) is 2.75. The van der Waals surface area contributed by atoms with Crippen molar-refractivity contribution in [3.8, 4) is 11.8 Å². The van der Waals surface area contributed by atoms with Crippen LogP contribution >= 0.6 is 11.8 Å². The van der Waals surface area contributed by atoms with E-state index in [2.05, 4.69) is 6.07 Å². The van der Waals surface area contributed by atoms with Gasteiger partial charge in [0.15, 0.2) is 0 Å². The maximum Gasteiger partial charge on any atom is 0.339 e. The maximum atomic E-state index is 12.6. The molecule has 0 aliphatic heterocycles. The molecule has 0 radical (unpaired) electrons. The van der Waals surface area contributed by atoms with Gasteiger partial charge in [-0.25, -0.2) is 4.79 Å². The average molecular weight is 389 g/mol. The quantitative estimate of drug-likeness (QED) is 0.525. The Morgan fingerprint density at radius 1 is 0.964 bits per heavy atom. The van der Waals surface area contributed by atoms with Gasteiger partial charge >= 0.3 is 5.97 Å². The second-order valence-electron chi connectivity index (χ2n) is 5.94. The highest BCUT2D eigenvalue weighted by Gasteiger charge is 2.14. The van der Waals surface area contributed by atoms with Gasteiger partial charge in [0.05, 0.1) is 24.8 Å². The molecule has 4 nitrogen and oxygen atoms in total. The van der Waals surface area contributed by atoms with Crippen LogP contribution in [0.5, 0.6) is 5.75 Å². The highest BCUT2D eigenvalue weighted by atomic mass is 32.2. The summed E-state index contributed by atoms with van der Waals surface area (Å²) < 4.78 is 10.6. The van der Waals surface area contributed by atoms with Crippen molar-refractivity contribution in [1.82, 2.24) is 0 Å². The van der Waals surface area contributed by atoms with Crippen molar-refractivity contribution < 1.29 is 14.3 Å². The molecule has 0 bridgehead atoms. The third kappa shape index (κ3) is 4.93. The van der Waals surface area contributed by atoms with E-state index in [-0.39, 0.29) is 5.97 Å². The number of esters is 1. The van der Waals surface area contributed by atoms with Crippen molar-refractivity contribution in [2.45, 2.75) is 16.2 Å². The predicted octanol–water partition coefficient (Wildman–Crippen LogP) is 5.12. The van der Waals surface area contributed by atoms with Crippen LogP contribution < -0.4 is 4.74 Å². The van der Waals surface area contributed by atoms with Gasteiger partial charge < -0.3 is 9.47 Å². The lowest BCUT2D eigenvalue weighted by Gasteiger charge is -2.10. The van der Waals surface area contributed by atoms with Gasteiger partial charge in [-0.05, 0) is 42.0 Å². The van der Waals surface area contributed by atoms with Crippen LogP contribution in [0.15, 0.2) is 82.6 Å². The van der Waals surface area contributed by atoms with E-state index < -0.39 is 0 Å². The fourth-order valence-corrected chi connectivity index (χ4v) is 3.64. The van der Waals surface area contributed by atoms with Gasteiger partial charge in [0.2, 0.25) is 0 Å². The maximum absolute atomic E-state index is 12.6. The molecule has 0 heterocycles. The molecule has 0 atom stereocenters. The molecule has 0 aliphatic carbocycles. The molecule has 0 N–H and O–H groups in total. The molecule has 0 saturated carbocycles. The topological polar surface area (TPSA) is 59.3 Å². The molecular weight excluding hydrogens is 370 g/mol. The van der Waals surface area contributed by atoms with E-state index in [1.807, 2.05) is 54.6 Å². The van der Waals surface area contributed by atoms with Gasteiger partial charge in [-0.15, -0.1) is 0 Å². The van der Waals surface area contributed by atoms with Crippen LogP contribution in [-0.4, -0.2) is 19.7 Å². The highest BCUT2D eigenvalue weighted by molar-refractivity contribution is 7.99. The summed E-state index contributed by atoms with van der Waals surface area (Å²) in [4.78, 5) is 14.2. The summed E-state index contributed by atoms with van der Waals surface area (Å²) in [5, 5.41) is 9.27. The molecule has 3 aromatic carbocycles. The second kappa shape index (κ2) is 9.63. The number of hydrogen-bond donors (Lipinski definition) is 0. The molecular formula is C23H19NO3S. The van der Waals surface area contributed by atoms with Crippen LogP contribution in [0.3, 0.4) is 0 Å². The zero-order valence-electron chi connectivity index (χ0n) is 15.4. The molecule has 3 aromatic rings. The summed E-state index contributed by atoms with van der Waals surface area (Å²) in [5.41, 5.74) is 2.14. The van der Waals surface area contributed by atoms with E-state index in [9.17, 15) is 10.1 Å². The number of ether oxygens (including phenoxy) is 2. The molecule has 0 fully saturated rings. The summed E-state index contributed by atoms with van der Waals surface area (Å²) in [7, 11) is 1.63. The van der Waals surface area contributed by atoms with Crippen LogP contribution in [0.2, 0.25) is 0 Å². The van der Waals surface area contributed by atoms with E-state index in [1.54, 1.807) is 25.3 Å². The molecule has 140 valence electrons. The second-order valence-corrected chi connectivity index (χ2v) is 7.02. The summed E-state index contributed by atoms with van der Waals surface area (Å²) in [6.45, 7) is 0.291. The van der Waals surface area contributed by atoms with Crippen LogP contribution in [0.1, 0.15) is 21.5 Å². The van der Waals surface area contributed by atoms with Gasteiger partial charge in [0.25, 0.3) is 0 Å². The van der Waals surface area contributed by atoms with Crippen molar-refractivity contribution in [3.05, 3.63) is 89.5 Å². The van der Waals surface area contributed by atoms with Gasteiger partial charge in [0.1, 0.15) is 11.8 Å². The van der Waals surface area contributed by atoms with Gasteiger partial charge in [0, 0.05) is 16.2 Å². The van der Waals surface area contributed by atoms with E-state index in [0.29, 0.717) is 24.2 Å². The molecule has 0 amide bonds. The van der Waals surface area contributed by atoms with Crippen molar-refractivity contribution in [3.63, 3.8) is 0 Å². The zero-order valence-corrected chi connectivity index (χ0v) is 16.2. The third-order valence-electron chi connectivity index (χ3n) is 4.12. The van der Waals surface area contributed by atoms with Crippen molar-refractivity contribution in [1.29, 1.82) is 5.26 Å². The molecule has 0 spiro atoms. The van der Waals surface area contributed by atoms with Gasteiger partial charge in [-0.2, -0.15) is 5.26 Å². The summed E-state index contributed by atoms with van der Waals surface area (Å²) in [6.07, 6.45) is 0.627. The normalized spacial score (nSPS) is 10.1. The Hall–Kier alpha value is -3.23. The molecule has 3 rings (SSSR count). The number of carbonyl (C=O) groups excluding carboxylic acids is 1. The Kier molecular flexibility index (Phi) is 6.72. The molecule has 0 saturated heterocycles. The Bertz CT molecular complexity index is 993. The van der Waals surface area contributed by atoms with Gasteiger partial charge in [-0.1, -0.05) is 48.2 Å². The fourth-order valence-electron chi connectivity index (χ4n) is 2.62. The van der Waals surface area contributed by atoms with Crippen LogP contribution in [0.4, 0.5) is 0 Å². The first kappa shape index (κ1) is 19.5. The number of nitrogens with zero attached hydrogens (tertiary/aromatic N) is 1. The zero-order chi connectivity index (χ0) is 19.8. The monoisotopic (exact) mass is 389 g/mol. The minimum absolute atomic E-state index is 0.291. The largest absolute Gasteiger partial charge is 0.497 e. The number of benzene rings is 3. The number of rotatable bonds is 7. The Morgan fingerprint density at radius 2 is 1.64 bits per heavy atom. The molecule has 0 aliphatic rings. The fraction of sp³-hybridized carbons (Fsp3) is 0.130. The highest BCUT2D eigenvalue weighted by Crippen LogP contribution is 2.32. The Labute approximate surface area is 168 Å².